The highest BCUT2D eigenvalue weighted by Crippen LogP contribution is 2.28. The first-order valence-electron chi connectivity index (χ1n) is 13.1. The maximum atomic E-state index is 13.8. The van der Waals surface area contributed by atoms with E-state index in [2.05, 4.69) is 12.6 Å². The second-order valence-electron chi connectivity index (χ2n) is 9.67. The molecule has 1 aliphatic rings. The molecular formula is C32H31N3O6. The molecule has 4 rings (SSSR count). The first-order valence-corrected chi connectivity index (χ1v) is 13.1. The molecule has 9 heteroatoms. The number of nitrogens with zero attached hydrogens (tertiary/aromatic N) is 2. The first kappa shape index (κ1) is 29.2. The third-order valence-corrected chi connectivity index (χ3v) is 6.54. The molecule has 3 aromatic carbocycles. The molecule has 2 N–H and O–H groups in total. The number of anilines is 1. The number of cyclic esters (lactones) is 1. The topological polar surface area (TPSA) is 132 Å². The van der Waals surface area contributed by atoms with Gasteiger partial charge < -0.3 is 19.9 Å². The Bertz CT molecular complexity index is 1490. The highest BCUT2D eigenvalue weighted by Gasteiger charge is 2.32. The molecule has 0 bridgehead atoms. The van der Waals surface area contributed by atoms with E-state index in [1.165, 1.54) is 11.0 Å². The minimum absolute atomic E-state index is 0.0780. The van der Waals surface area contributed by atoms with Crippen LogP contribution in [0.3, 0.4) is 0 Å². The van der Waals surface area contributed by atoms with Gasteiger partial charge in [-0.3, -0.25) is 9.69 Å². The summed E-state index contributed by atoms with van der Waals surface area (Å²) < 4.78 is 16.0. The highest BCUT2D eigenvalue weighted by molar-refractivity contribution is 6.00. The fraction of sp³-hybridized carbons (Fsp3) is 0.250. The Morgan fingerprint density at radius 1 is 1.15 bits per heavy atom. The van der Waals surface area contributed by atoms with Gasteiger partial charge in [-0.15, -0.1) is 0 Å². The SMILES string of the molecule is C=CCOC(=O)c1cccc(COCC(C#N)N(C(=O)[C@@H](N)Cc2cccc(C)c2)c2ccc3c(c2)C(=O)OC3)c1. The van der Waals surface area contributed by atoms with Crippen molar-refractivity contribution in [2.75, 3.05) is 18.1 Å². The third-order valence-electron chi connectivity index (χ3n) is 6.54. The normalized spacial score (nSPS) is 13.3. The molecule has 0 aliphatic carbocycles. The Morgan fingerprint density at radius 2 is 1.93 bits per heavy atom. The van der Waals surface area contributed by atoms with Gasteiger partial charge in [0, 0.05) is 11.3 Å². The van der Waals surface area contributed by atoms with Gasteiger partial charge in [-0.2, -0.15) is 5.26 Å². The van der Waals surface area contributed by atoms with E-state index in [1.54, 1.807) is 42.5 Å². The zero-order valence-corrected chi connectivity index (χ0v) is 22.7. The summed E-state index contributed by atoms with van der Waals surface area (Å²) in [4.78, 5) is 39.5. The lowest BCUT2D eigenvalue weighted by Crippen LogP contribution is -2.51. The minimum Gasteiger partial charge on any atom is -0.458 e. The number of fused-ring (bicyclic) bond motifs is 1. The Kier molecular flexibility index (Phi) is 9.64. The van der Waals surface area contributed by atoms with E-state index in [9.17, 15) is 19.6 Å². The van der Waals surface area contributed by atoms with Crippen LogP contribution in [0.4, 0.5) is 5.69 Å². The Morgan fingerprint density at radius 3 is 2.68 bits per heavy atom. The van der Waals surface area contributed by atoms with Crippen molar-refractivity contribution in [3.8, 4) is 6.07 Å². The summed E-state index contributed by atoms with van der Waals surface area (Å²) >= 11 is 0. The van der Waals surface area contributed by atoms with Crippen molar-refractivity contribution in [2.45, 2.75) is 38.6 Å². The van der Waals surface area contributed by atoms with Crippen molar-refractivity contribution in [1.82, 2.24) is 0 Å². The van der Waals surface area contributed by atoms with Crippen LogP contribution in [-0.2, 0) is 38.6 Å². The number of hydrogen-bond donors (Lipinski definition) is 1. The standard InChI is InChI=1S/C32H31N3O6/c1-3-12-40-31(37)24-9-5-8-23(14-24)18-39-20-27(17-33)35(26-11-10-25-19-41-32(38)28(25)16-26)30(36)29(34)15-22-7-4-6-21(2)13-22/h3-11,13-14,16,27,29H,1,12,15,18-20,34H2,2H3/t27?,29-/m0/s1. The summed E-state index contributed by atoms with van der Waals surface area (Å²) in [5, 5.41) is 10.1. The molecule has 0 fully saturated rings. The van der Waals surface area contributed by atoms with E-state index in [1.807, 2.05) is 31.2 Å². The summed E-state index contributed by atoms with van der Waals surface area (Å²) in [6.07, 6.45) is 1.74. The average Bonchev–Trinajstić information content (AvgIpc) is 3.35. The van der Waals surface area contributed by atoms with Crippen LogP contribution in [0.25, 0.3) is 0 Å². The molecule has 210 valence electrons. The van der Waals surface area contributed by atoms with Gasteiger partial charge in [0.2, 0.25) is 5.91 Å². The van der Waals surface area contributed by atoms with Gasteiger partial charge in [-0.05, 0) is 48.7 Å². The number of carbonyl (C=O) groups excluding carboxylic acids is 3. The lowest BCUT2D eigenvalue weighted by Gasteiger charge is -2.30. The molecule has 0 saturated heterocycles. The summed E-state index contributed by atoms with van der Waals surface area (Å²) in [5.74, 6) is -1.47. The molecule has 0 saturated carbocycles. The number of hydrogen-bond acceptors (Lipinski definition) is 8. The van der Waals surface area contributed by atoms with Crippen LogP contribution in [0.2, 0.25) is 0 Å². The molecular weight excluding hydrogens is 522 g/mol. The lowest BCUT2D eigenvalue weighted by molar-refractivity contribution is -0.120. The Balaban J connectivity index is 1.54. The molecule has 9 nitrogen and oxygen atoms in total. The van der Waals surface area contributed by atoms with Gasteiger partial charge in [0.15, 0.2) is 0 Å². The van der Waals surface area contributed by atoms with Crippen molar-refractivity contribution in [3.63, 3.8) is 0 Å². The second kappa shape index (κ2) is 13.5. The number of esters is 2. The number of nitriles is 1. The van der Waals surface area contributed by atoms with Gasteiger partial charge in [0.1, 0.15) is 19.3 Å². The summed E-state index contributed by atoms with van der Waals surface area (Å²) in [6, 6.07) is 19.5. The van der Waals surface area contributed by atoms with Crippen molar-refractivity contribution in [3.05, 3.63) is 113 Å². The minimum atomic E-state index is -1.05. The van der Waals surface area contributed by atoms with Crippen LogP contribution in [0.1, 0.15) is 43.0 Å². The maximum absolute atomic E-state index is 13.8. The Hall–Kier alpha value is -4.78. The first-order chi connectivity index (χ1) is 19.8. The third kappa shape index (κ3) is 7.25. The number of aryl methyl sites for hydroxylation is 1. The van der Waals surface area contributed by atoms with Crippen molar-refractivity contribution in [2.24, 2.45) is 5.73 Å². The van der Waals surface area contributed by atoms with E-state index < -0.39 is 29.9 Å². The number of rotatable bonds is 12. The van der Waals surface area contributed by atoms with E-state index in [0.717, 1.165) is 11.1 Å². The van der Waals surface area contributed by atoms with E-state index in [0.29, 0.717) is 27.9 Å². The molecule has 1 amide bonds. The monoisotopic (exact) mass is 553 g/mol. The van der Waals surface area contributed by atoms with Crippen LogP contribution >= 0.6 is 0 Å². The largest absolute Gasteiger partial charge is 0.458 e. The zero-order valence-electron chi connectivity index (χ0n) is 22.7. The summed E-state index contributed by atoms with van der Waals surface area (Å²) in [6.45, 7) is 5.67. The quantitative estimate of drug-likeness (QED) is 0.263. The number of ether oxygens (including phenoxy) is 3. The summed E-state index contributed by atoms with van der Waals surface area (Å²) in [5.41, 5.74) is 10.7. The van der Waals surface area contributed by atoms with E-state index >= 15 is 0 Å². The van der Waals surface area contributed by atoms with E-state index in [4.69, 9.17) is 19.9 Å². The van der Waals surface area contributed by atoms with Crippen molar-refractivity contribution < 1.29 is 28.6 Å². The van der Waals surface area contributed by atoms with Crippen LogP contribution in [-0.4, -0.2) is 43.1 Å². The van der Waals surface area contributed by atoms with Gasteiger partial charge >= 0.3 is 11.9 Å². The number of nitrogens with two attached hydrogens (primary N) is 1. The molecule has 1 heterocycles. The van der Waals surface area contributed by atoms with Gasteiger partial charge in [-0.25, -0.2) is 9.59 Å². The highest BCUT2D eigenvalue weighted by atomic mass is 16.5. The number of carbonyl (C=O) groups is 3. The predicted molar refractivity (Wildman–Crippen MR) is 152 cm³/mol. The van der Waals surface area contributed by atoms with Crippen LogP contribution < -0.4 is 10.6 Å². The molecule has 41 heavy (non-hydrogen) atoms. The van der Waals surface area contributed by atoms with Crippen LogP contribution in [0.15, 0.2) is 79.4 Å². The smallest absolute Gasteiger partial charge is 0.338 e. The maximum Gasteiger partial charge on any atom is 0.338 e. The Labute approximate surface area is 238 Å². The zero-order chi connectivity index (χ0) is 29.4. The van der Waals surface area contributed by atoms with Crippen molar-refractivity contribution >= 4 is 23.5 Å². The van der Waals surface area contributed by atoms with Crippen molar-refractivity contribution in [1.29, 1.82) is 5.26 Å². The molecule has 2 atom stereocenters. The summed E-state index contributed by atoms with van der Waals surface area (Å²) in [7, 11) is 0. The molecule has 0 spiro atoms. The average molecular weight is 554 g/mol. The second-order valence-corrected chi connectivity index (χ2v) is 9.67. The van der Waals surface area contributed by atoms with E-state index in [-0.39, 0.29) is 32.8 Å². The van der Waals surface area contributed by atoms with Gasteiger partial charge in [0.25, 0.3) is 0 Å². The fourth-order valence-corrected chi connectivity index (χ4v) is 4.53. The molecule has 3 aromatic rings. The van der Waals surface area contributed by atoms with Crippen LogP contribution in [0, 0.1) is 18.3 Å². The number of benzene rings is 3. The van der Waals surface area contributed by atoms with Crippen LogP contribution in [0.5, 0.6) is 0 Å². The fourth-order valence-electron chi connectivity index (χ4n) is 4.53. The number of amides is 1. The molecule has 1 unspecified atom stereocenters. The lowest BCUT2D eigenvalue weighted by atomic mass is 10.0. The van der Waals surface area contributed by atoms with Gasteiger partial charge in [0.05, 0.1) is 36.5 Å². The molecule has 0 radical (unpaired) electrons. The molecule has 1 aliphatic heterocycles. The van der Waals surface area contributed by atoms with Gasteiger partial charge in [-0.1, -0.05) is 60.7 Å². The predicted octanol–water partition coefficient (Wildman–Crippen LogP) is 4.02. The molecule has 0 aromatic heterocycles.